The van der Waals surface area contributed by atoms with E-state index in [2.05, 4.69) is 0 Å². The minimum atomic E-state index is -1.90. The van der Waals surface area contributed by atoms with Crippen molar-refractivity contribution in [3.05, 3.63) is 66.2 Å². The van der Waals surface area contributed by atoms with Gasteiger partial charge in [0.1, 0.15) is 102 Å². The highest BCUT2D eigenvalue weighted by Crippen LogP contribution is 2.43. The molecule has 14 N–H and O–H groups in total. The van der Waals surface area contributed by atoms with Crippen LogP contribution in [0.25, 0.3) is 22.3 Å². The molecule has 23 heteroatoms. The lowest BCUT2D eigenvalue weighted by Gasteiger charge is -2.39. The first-order valence-electron chi connectivity index (χ1n) is 19.2. The quantitative estimate of drug-likeness (QED) is 0.0380. The molecule has 4 heterocycles. The van der Waals surface area contributed by atoms with Gasteiger partial charge in [0, 0.05) is 18.2 Å². The second-order valence-electron chi connectivity index (χ2n) is 14.9. The molecule has 3 fully saturated rings. The van der Waals surface area contributed by atoms with Crippen LogP contribution in [0.15, 0.2) is 65.1 Å². The summed E-state index contributed by atoms with van der Waals surface area (Å²) in [5.41, 5.74) is -0.112. The van der Waals surface area contributed by atoms with E-state index in [9.17, 15) is 76.3 Å². The molecule has 0 radical (unpaired) electrons. The number of fused-ring (bicyclic) bond motifs is 1. The molecule has 3 aliphatic heterocycles. The van der Waals surface area contributed by atoms with Gasteiger partial charge in [-0.2, -0.15) is 0 Å². The second-order valence-corrected chi connectivity index (χ2v) is 14.9. The van der Waals surface area contributed by atoms with Gasteiger partial charge in [-0.1, -0.05) is 0 Å². The van der Waals surface area contributed by atoms with Crippen LogP contribution in [-0.2, 0) is 18.9 Å². The second kappa shape index (κ2) is 18.9. The van der Waals surface area contributed by atoms with Gasteiger partial charge >= 0.3 is 17.3 Å². The molecule has 63 heavy (non-hydrogen) atoms. The van der Waals surface area contributed by atoms with Crippen LogP contribution in [-0.4, -0.2) is 189 Å². The predicted molar refractivity (Wildman–Crippen MR) is 204 cm³/mol. The van der Waals surface area contributed by atoms with Crippen LogP contribution in [0.1, 0.15) is 10.4 Å². The standard InChI is InChI=1S/C40H44O23/c41-11-24-27(46)30(49)33(52)38(61-24)57-16-4-1-14(2-5-16)37(55)56-13-26-29(48)32(51)34(53)39(63-26)58-17-8-20(44)18-10-23(60-40-35(54)31(50)28(47)25(12-42)62-40)36(59-22(18)9-17)15-3-6-19(43)21(45)7-15/h1-10,24-35,38-42,46-54H,11-13H2,(H2-,43,44,45)/p+1/t24-,25-,26-,27-,28-,29-,30+,31+,32+,33-,34-,35-,38-,39-,40-/m1/s1. The van der Waals surface area contributed by atoms with Gasteiger partial charge in [-0.05, 0) is 36.4 Å². The van der Waals surface area contributed by atoms with E-state index < -0.39 is 135 Å². The minimum absolute atomic E-state index is 0.0335. The molecule has 15 atom stereocenters. The first kappa shape index (κ1) is 45.8. The van der Waals surface area contributed by atoms with Gasteiger partial charge in [0.2, 0.25) is 24.6 Å². The van der Waals surface area contributed by atoms with Gasteiger partial charge in [-0.25, -0.2) is 9.21 Å². The summed E-state index contributed by atoms with van der Waals surface area (Å²) in [4.78, 5) is 12.9. The lowest BCUT2D eigenvalue weighted by molar-refractivity contribution is -0.277. The van der Waals surface area contributed by atoms with Crippen molar-refractivity contribution in [3.8, 4) is 45.8 Å². The Hall–Kier alpha value is -5.22. The molecule has 3 aliphatic rings. The summed E-state index contributed by atoms with van der Waals surface area (Å²) >= 11 is 0. The molecule has 342 valence electrons. The maximum atomic E-state index is 12.9. The van der Waals surface area contributed by atoms with E-state index in [1.165, 1.54) is 42.5 Å². The third kappa shape index (κ3) is 9.38. The van der Waals surface area contributed by atoms with E-state index in [-0.39, 0.29) is 45.1 Å². The maximum absolute atomic E-state index is 12.9. The van der Waals surface area contributed by atoms with Gasteiger partial charge in [0.25, 0.3) is 0 Å². The Labute approximate surface area is 354 Å². The number of aliphatic hydroxyl groups is 11. The lowest BCUT2D eigenvalue weighted by Crippen LogP contribution is -2.60. The minimum Gasteiger partial charge on any atom is -0.507 e. The van der Waals surface area contributed by atoms with Gasteiger partial charge in [-0.3, -0.25) is 0 Å². The van der Waals surface area contributed by atoms with Crippen LogP contribution < -0.4 is 14.2 Å². The molecular formula is C40H45O23+. The molecular weight excluding hydrogens is 848 g/mol. The predicted octanol–water partition coefficient (Wildman–Crippen LogP) is -3.10. The Morgan fingerprint density at radius 2 is 1.06 bits per heavy atom. The van der Waals surface area contributed by atoms with Crippen LogP contribution >= 0.6 is 0 Å². The van der Waals surface area contributed by atoms with Gasteiger partial charge in [0.05, 0.1) is 30.4 Å². The SMILES string of the molecule is O=C(OC[C@H]1O[C@@H](Oc2cc(O)c3cc(O[C@@H]4O[C@H](CO)[C@@H](O)[C@H](O)[C@H]4O)c(-c4ccc(O)c(O)c4)[o+]c3c2)[C@H](O)[C@@H](O)[C@@H]1O)c1ccc(O[C@@H]2O[C@H](CO)[C@@H](O)[C@H](O)[C@H]2O)cc1. The van der Waals surface area contributed by atoms with E-state index in [1.54, 1.807) is 0 Å². The van der Waals surface area contributed by atoms with Crippen molar-refractivity contribution in [1.82, 2.24) is 0 Å². The van der Waals surface area contributed by atoms with Crippen LogP contribution in [0.4, 0.5) is 0 Å². The first-order chi connectivity index (χ1) is 30.0. The fourth-order valence-electron chi connectivity index (χ4n) is 6.98. The number of aliphatic hydroxyl groups excluding tert-OH is 11. The Kier molecular flexibility index (Phi) is 13.7. The number of hydrogen-bond acceptors (Lipinski definition) is 22. The zero-order valence-corrected chi connectivity index (χ0v) is 32.5. The third-order valence-electron chi connectivity index (χ3n) is 10.6. The Morgan fingerprint density at radius 1 is 0.540 bits per heavy atom. The van der Waals surface area contributed by atoms with E-state index in [0.29, 0.717) is 0 Å². The highest BCUT2D eigenvalue weighted by Gasteiger charge is 2.48. The molecule has 0 unspecified atom stereocenters. The molecule has 7 rings (SSSR count). The number of esters is 1. The zero-order valence-electron chi connectivity index (χ0n) is 32.5. The van der Waals surface area contributed by atoms with Crippen molar-refractivity contribution < 1.29 is 114 Å². The topological polar surface area (TPSA) is 376 Å². The number of aromatic hydroxyl groups is 3. The molecule has 0 saturated carbocycles. The first-order valence-corrected chi connectivity index (χ1v) is 19.2. The fourth-order valence-corrected chi connectivity index (χ4v) is 6.98. The van der Waals surface area contributed by atoms with Crippen LogP contribution in [0.2, 0.25) is 0 Å². The number of phenolic OH excluding ortho intramolecular Hbond substituents is 3. The van der Waals surface area contributed by atoms with Gasteiger partial charge < -0.3 is 105 Å². The average molecular weight is 894 g/mol. The highest BCUT2D eigenvalue weighted by atomic mass is 16.7. The molecule has 0 bridgehead atoms. The normalized spacial score (nSPS) is 33.4. The van der Waals surface area contributed by atoms with Gasteiger partial charge in [0.15, 0.2) is 11.5 Å². The number of benzene rings is 3. The summed E-state index contributed by atoms with van der Waals surface area (Å²) in [6.45, 7) is -2.11. The van der Waals surface area contributed by atoms with E-state index in [4.69, 9.17) is 37.6 Å². The molecule has 1 aromatic heterocycles. The summed E-state index contributed by atoms with van der Waals surface area (Å²) in [5.74, 6) is -3.20. The van der Waals surface area contributed by atoms with E-state index in [1.807, 2.05) is 0 Å². The third-order valence-corrected chi connectivity index (χ3v) is 10.6. The number of carbonyl (C=O) groups excluding carboxylic acids is 1. The summed E-state index contributed by atoms with van der Waals surface area (Å²) in [6, 6.07) is 12.1. The average Bonchev–Trinajstić information content (AvgIpc) is 3.27. The highest BCUT2D eigenvalue weighted by molar-refractivity contribution is 5.90. The molecule has 4 aromatic rings. The van der Waals surface area contributed by atoms with Crippen LogP contribution in [0, 0.1) is 0 Å². The number of rotatable bonds is 12. The summed E-state index contributed by atoms with van der Waals surface area (Å²) in [7, 11) is 0. The molecule has 3 aromatic carbocycles. The molecule has 23 nitrogen and oxygen atoms in total. The Balaban J connectivity index is 1.06. The molecule has 0 spiro atoms. The Morgan fingerprint density at radius 3 is 1.62 bits per heavy atom. The summed E-state index contributed by atoms with van der Waals surface area (Å²) in [6.07, 6.45) is -24.9. The monoisotopic (exact) mass is 893 g/mol. The largest absolute Gasteiger partial charge is 0.507 e. The maximum Gasteiger partial charge on any atom is 0.402 e. The van der Waals surface area contributed by atoms with Crippen molar-refractivity contribution in [3.63, 3.8) is 0 Å². The molecule has 0 aliphatic carbocycles. The van der Waals surface area contributed by atoms with Crippen molar-refractivity contribution in [1.29, 1.82) is 0 Å². The van der Waals surface area contributed by atoms with Crippen molar-refractivity contribution in [2.45, 2.75) is 92.1 Å². The number of hydrogen-bond donors (Lipinski definition) is 14. The smallest absolute Gasteiger partial charge is 0.402 e. The fraction of sp³-hybridized carbons (Fsp3) is 0.450. The molecule has 3 saturated heterocycles. The van der Waals surface area contributed by atoms with Crippen LogP contribution in [0.5, 0.6) is 34.5 Å². The number of carbonyl (C=O) groups is 1. The van der Waals surface area contributed by atoms with Crippen molar-refractivity contribution >= 4 is 16.9 Å². The summed E-state index contributed by atoms with van der Waals surface area (Å²) in [5, 5.41) is 144. The van der Waals surface area contributed by atoms with E-state index >= 15 is 0 Å². The van der Waals surface area contributed by atoms with Crippen LogP contribution in [0.3, 0.4) is 0 Å². The number of ether oxygens (including phenoxy) is 7. The van der Waals surface area contributed by atoms with E-state index in [0.717, 1.165) is 18.2 Å². The van der Waals surface area contributed by atoms with Crippen molar-refractivity contribution in [2.75, 3.05) is 19.8 Å². The zero-order chi connectivity index (χ0) is 45.4. The lowest BCUT2D eigenvalue weighted by atomic mass is 9.99. The summed E-state index contributed by atoms with van der Waals surface area (Å²) < 4.78 is 44.9. The van der Waals surface area contributed by atoms with Crippen molar-refractivity contribution in [2.24, 2.45) is 0 Å². The molecule has 0 amide bonds. The Bertz CT molecular complexity index is 2220. The number of phenols is 3. The van der Waals surface area contributed by atoms with Gasteiger partial charge in [-0.15, -0.1) is 0 Å².